The van der Waals surface area contributed by atoms with Crippen LogP contribution >= 0.6 is 0 Å². The predicted octanol–water partition coefficient (Wildman–Crippen LogP) is 1.32. The first-order valence-electron chi connectivity index (χ1n) is 7.24. The average Bonchev–Trinajstić information content (AvgIpc) is 3.35. The molecule has 124 valence electrons. The van der Waals surface area contributed by atoms with Gasteiger partial charge in [-0.2, -0.15) is 4.72 Å². The SMILES string of the molecule is COc1ccc(S(=O)(=O)NC(C)C(=O)OCC#CC2CC2)cc1. The minimum atomic E-state index is -3.81. The van der Waals surface area contributed by atoms with Crippen molar-refractivity contribution in [3.63, 3.8) is 0 Å². The molecule has 0 spiro atoms. The monoisotopic (exact) mass is 337 g/mol. The van der Waals surface area contributed by atoms with Gasteiger partial charge in [0.15, 0.2) is 6.61 Å². The molecule has 1 atom stereocenters. The van der Waals surface area contributed by atoms with Crippen LogP contribution in [0.3, 0.4) is 0 Å². The minimum Gasteiger partial charge on any atom is -0.497 e. The van der Waals surface area contributed by atoms with Gasteiger partial charge in [-0.15, -0.1) is 0 Å². The van der Waals surface area contributed by atoms with Crippen LogP contribution in [0.15, 0.2) is 29.2 Å². The molecule has 6 nitrogen and oxygen atoms in total. The Morgan fingerprint density at radius 1 is 1.35 bits per heavy atom. The number of esters is 1. The third-order valence-corrected chi connectivity index (χ3v) is 4.78. The van der Waals surface area contributed by atoms with Crippen LogP contribution in [0.2, 0.25) is 0 Å². The Morgan fingerprint density at radius 2 is 2.00 bits per heavy atom. The van der Waals surface area contributed by atoms with Crippen molar-refractivity contribution in [1.82, 2.24) is 4.72 Å². The van der Waals surface area contributed by atoms with E-state index in [0.717, 1.165) is 12.8 Å². The fourth-order valence-electron chi connectivity index (χ4n) is 1.75. The lowest BCUT2D eigenvalue weighted by Crippen LogP contribution is -2.39. The Kier molecular flexibility index (Phi) is 5.64. The summed E-state index contributed by atoms with van der Waals surface area (Å²) in [5.74, 6) is 6.03. The first kappa shape index (κ1) is 17.3. The number of methoxy groups -OCH3 is 1. The van der Waals surface area contributed by atoms with Crippen LogP contribution in [0.25, 0.3) is 0 Å². The lowest BCUT2D eigenvalue weighted by molar-refractivity contribution is -0.143. The molecule has 7 heteroatoms. The smallest absolute Gasteiger partial charge is 0.324 e. The molecule has 0 radical (unpaired) electrons. The van der Waals surface area contributed by atoms with E-state index in [2.05, 4.69) is 16.6 Å². The van der Waals surface area contributed by atoms with Crippen LogP contribution < -0.4 is 9.46 Å². The van der Waals surface area contributed by atoms with Gasteiger partial charge in [-0.25, -0.2) is 8.42 Å². The van der Waals surface area contributed by atoms with Gasteiger partial charge in [0.05, 0.1) is 12.0 Å². The van der Waals surface area contributed by atoms with E-state index in [4.69, 9.17) is 9.47 Å². The Hall–Kier alpha value is -2.04. The van der Waals surface area contributed by atoms with Crippen molar-refractivity contribution in [3.05, 3.63) is 24.3 Å². The third kappa shape index (κ3) is 5.27. The summed E-state index contributed by atoms with van der Waals surface area (Å²) < 4.78 is 36.6. The van der Waals surface area contributed by atoms with Crippen molar-refractivity contribution in [2.75, 3.05) is 13.7 Å². The van der Waals surface area contributed by atoms with E-state index in [1.54, 1.807) is 0 Å². The van der Waals surface area contributed by atoms with Crippen LogP contribution in [-0.2, 0) is 19.6 Å². The number of hydrogen-bond acceptors (Lipinski definition) is 5. The van der Waals surface area contributed by atoms with Crippen LogP contribution in [0.4, 0.5) is 0 Å². The van der Waals surface area contributed by atoms with Crippen molar-refractivity contribution < 1.29 is 22.7 Å². The number of nitrogens with one attached hydrogen (secondary N) is 1. The normalized spacial score (nSPS) is 15.2. The number of carbonyl (C=O) groups excluding carboxylic acids is 1. The molecule has 1 N–H and O–H groups in total. The maximum absolute atomic E-state index is 12.2. The molecule has 0 heterocycles. The van der Waals surface area contributed by atoms with Crippen molar-refractivity contribution >= 4 is 16.0 Å². The second-order valence-corrected chi connectivity index (χ2v) is 6.94. The van der Waals surface area contributed by atoms with Gasteiger partial charge in [-0.1, -0.05) is 11.8 Å². The van der Waals surface area contributed by atoms with Crippen LogP contribution in [0, 0.1) is 17.8 Å². The maximum atomic E-state index is 12.2. The minimum absolute atomic E-state index is 0.0239. The fourth-order valence-corrected chi connectivity index (χ4v) is 2.94. The zero-order valence-corrected chi connectivity index (χ0v) is 13.9. The molecule has 0 bridgehead atoms. The highest BCUT2D eigenvalue weighted by molar-refractivity contribution is 7.89. The second-order valence-electron chi connectivity index (χ2n) is 5.22. The van der Waals surface area contributed by atoms with Crippen LogP contribution in [-0.4, -0.2) is 34.1 Å². The second kappa shape index (κ2) is 7.49. The Labute approximate surface area is 136 Å². The number of carbonyl (C=O) groups is 1. The number of ether oxygens (including phenoxy) is 2. The zero-order chi connectivity index (χ0) is 16.9. The number of hydrogen-bond donors (Lipinski definition) is 1. The Balaban J connectivity index is 1.89. The zero-order valence-electron chi connectivity index (χ0n) is 13.0. The molecule has 1 unspecified atom stereocenters. The molecule has 2 rings (SSSR count). The highest BCUT2D eigenvalue weighted by Crippen LogP contribution is 2.27. The van der Waals surface area contributed by atoms with Crippen molar-refractivity contribution in [3.8, 4) is 17.6 Å². The highest BCUT2D eigenvalue weighted by atomic mass is 32.2. The highest BCUT2D eigenvalue weighted by Gasteiger charge is 2.23. The molecule has 0 saturated heterocycles. The number of rotatable bonds is 6. The summed E-state index contributed by atoms with van der Waals surface area (Å²) in [6.07, 6.45) is 2.19. The standard InChI is InChI=1S/C16H19NO5S/c1-12(16(18)22-11-3-4-13-5-6-13)17-23(19,20)15-9-7-14(21-2)8-10-15/h7-10,12-13,17H,5-6,11H2,1-2H3. The van der Waals surface area contributed by atoms with Crippen LogP contribution in [0.1, 0.15) is 19.8 Å². The molecule has 0 aliphatic heterocycles. The molecule has 0 aromatic heterocycles. The van der Waals surface area contributed by atoms with Gasteiger partial charge in [0, 0.05) is 5.92 Å². The third-order valence-electron chi connectivity index (χ3n) is 3.23. The van der Waals surface area contributed by atoms with Gasteiger partial charge in [-0.3, -0.25) is 4.79 Å². The lowest BCUT2D eigenvalue weighted by atomic mass is 10.3. The first-order valence-corrected chi connectivity index (χ1v) is 8.72. The van der Waals surface area contributed by atoms with E-state index in [-0.39, 0.29) is 11.5 Å². The molecule has 1 aliphatic rings. The van der Waals surface area contributed by atoms with Gasteiger partial charge in [0.2, 0.25) is 10.0 Å². The van der Waals surface area contributed by atoms with Crippen molar-refractivity contribution in [1.29, 1.82) is 0 Å². The maximum Gasteiger partial charge on any atom is 0.324 e. The molecule has 1 aromatic rings. The van der Waals surface area contributed by atoms with Gasteiger partial charge in [0.1, 0.15) is 11.8 Å². The van der Waals surface area contributed by atoms with E-state index in [9.17, 15) is 13.2 Å². The molecule has 0 amide bonds. The number of sulfonamides is 1. The largest absolute Gasteiger partial charge is 0.497 e. The quantitative estimate of drug-likeness (QED) is 0.625. The van der Waals surface area contributed by atoms with Crippen molar-refractivity contribution in [2.24, 2.45) is 5.92 Å². The molecular formula is C16H19NO5S. The van der Waals surface area contributed by atoms with Gasteiger partial charge >= 0.3 is 5.97 Å². The number of benzene rings is 1. The fraction of sp³-hybridized carbons (Fsp3) is 0.438. The Morgan fingerprint density at radius 3 is 2.57 bits per heavy atom. The molecule has 1 fully saturated rings. The predicted molar refractivity (Wildman–Crippen MR) is 84.2 cm³/mol. The summed E-state index contributed by atoms with van der Waals surface area (Å²) in [7, 11) is -2.31. The van der Waals surface area contributed by atoms with E-state index >= 15 is 0 Å². The summed E-state index contributed by atoms with van der Waals surface area (Å²) in [6.45, 7) is 1.40. The summed E-state index contributed by atoms with van der Waals surface area (Å²) in [5, 5.41) is 0. The lowest BCUT2D eigenvalue weighted by Gasteiger charge is -2.13. The van der Waals surface area contributed by atoms with Crippen molar-refractivity contribution in [2.45, 2.75) is 30.7 Å². The molecule has 1 aromatic carbocycles. The van der Waals surface area contributed by atoms with E-state index in [1.165, 1.54) is 38.3 Å². The van der Waals surface area contributed by atoms with Gasteiger partial charge in [0.25, 0.3) is 0 Å². The van der Waals surface area contributed by atoms with E-state index in [1.807, 2.05) is 0 Å². The van der Waals surface area contributed by atoms with E-state index in [0.29, 0.717) is 11.7 Å². The van der Waals surface area contributed by atoms with Crippen LogP contribution in [0.5, 0.6) is 5.75 Å². The van der Waals surface area contributed by atoms with E-state index < -0.39 is 22.0 Å². The van der Waals surface area contributed by atoms with Gasteiger partial charge in [-0.05, 0) is 44.0 Å². The summed E-state index contributed by atoms with van der Waals surface area (Å²) in [5.41, 5.74) is 0. The topological polar surface area (TPSA) is 81.7 Å². The Bertz CT molecular complexity index is 711. The summed E-state index contributed by atoms with van der Waals surface area (Å²) in [4.78, 5) is 11.8. The summed E-state index contributed by atoms with van der Waals surface area (Å²) in [6, 6.07) is 4.88. The summed E-state index contributed by atoms with van der Waals surface area (Å²) >= 11 is 0. The average molecular weight is 337 g/mol. The molecule has 1 saturated carbocycles. The molecule has 1 aliphatic carbocycles. The first-order chi connectivity index (χ1) is 10.9. The van der Waals surface area contributed by atoms with Gasteiger partial charge < -0.3 is 9.47 Å². The molecule has 23 heavy (non-hydrogen) atoms. The molecular weight excluding hydrogens is 318 g/mol.